The quantitative estimate of drug-likeness (QED) is 0.626. The van der Waals surface area contributed by atoms with Crippen LogP contribution < -0.4 is 5.32 Å². The Bertz CT molecular complexity index is 566. The summed E-state index contributed by atoms with van der Waals surface area (Å²) in [6, 6.07) is 0. The number of hydrogen-bond acceptors (Lipinski definition) is 3. The molecular weight excluding hydrogens is 272 g/mol. The first-order valence-corrected chi connectivity index (χ1v) is 7.51. The topological polar surface area (TPSA) is 62.7 Å². The van der Waals surface area contributed by atoms with E-state index in [1.807, 2.05) is 11.5 Å². The lowest BCUT2D eigenvalue weighted by molar-refractivity contribution is -0.116. The maximum atomic E-state index is 11.8. The second-order valence-electron chi connectivity index (χ2n) is 5.65. The first-order chi connectivity index (χ1) is 9.49. The van der Waals surface area contributed by atoms with Gasteiger partial charge in [-0.05, 0) is 37.9 Å². The molecule has 110 valence electrons. The fourth-order valence-electron chi connectivity index (χ4n) is 2.19. The van der Waals surface area contributed by atoms with Gasteiger partial charge in [-0.25, -0.2) is 0 Å². The Morgan fingerprint density at radius 1 is 1.60 bits per heavy atom. The molecule has 0 spiro atoms. The van der Waals surface area contributed by atoms with Crippen LogP contribution in [-0.4, -0.2) is 27.2 Å². The van der Waals surface area contributed by atoms with Crippen LogP contribution in [0.5, 0.6) is 0 Å². The second-order valence-corrected chi connectivity index (χ2v) is 6.03. The molecule has 0 radical (unpaired) electrons. The summed E-state index contributed by atoms with van der Waals surface area (Å²) in [7, 11) is 0. The zero-order chi connectivity index (χ0) is 14.7. The molecule has 5 nitrogen and oxygen atoms in total. The number of aromatic amines is 1. The van der Waals surface area contributed by atoms with Crippen LogP contribution in [0.2, 0.25) is 0 Å². The van der Waals surface area contributed by atoms with Crippen molar-refractivity contribution in [3.8, 4) is 0 Å². The number of rotatable bonds is 6. The number of carbonyl (C=O) groups is 1. The van der Waals surface area contributed by atoms with Crippen molar-refractivity contribution in [2.45, 2.75) is 46.1 Å². The molecule has 1 aliphatic rings. The number of H-pyrrole nitrogens is 1. The largest absolute Gasteiger partial charge is 0.351 e. The fraction of sp³-hybridized carbons (Fsp3) is 0.643. The lowest BCUT2D eigenvalue weighted by Gasteiger charge is -2.09. The van der Waals surface area contributed by atoms with Crippen molar-refractivity contribution in [1.29, 1.82) is 0 Å². The van der Waals surface area contributed by atoms with E-state index in [0.29, 0.717) is 29.7 Å². The smallest absolute Gasteiger partial charge is 0.243 e. The number of allylic oxidation sites excluding steroid dienone is 1. The molecule has 0 aliphatic heterocycles. The van der Waals surface area contributed by atoms with Gasteiger partial charge in [0.1, 0.15) is 5.82 Å². The molecule has 1 aromatic heterocycles. The van der Waals surface area contributed by atoms with E-state index >= 15 is 0 Å². The molecule has 6 heteroatoms. The van der Waals surface area contributed by atoms with E-state index in [1.54, 1.807) is 6.08 Å². The molecule has 1 aliphatic carbocycles. The first-order valence-electron chi connectivity index (χ1n) is 7.10. The molecule has 2 rings (SSSR count). The summed E-state index contributed by atoms with van der Waals surface area (Å²) in [5.41, 5.74) is 1.19. The van der Waals surface area contributed by atoms with Crippen LogP contribution in [0.1, 0.15) is 45.4 Å². The Hall–Kier alpha value is -1.43. The standard InChI is InChI=1S/C14H22N4OS/c1-9(2)13-16-17-14(20)18(13)7-6-15-12(19)8-10(3)11-4-5-11/h8-9,11H,4-7H2,1-3H3,(H,15,19)(H,17,20)/b10-8+. The average Bonchev–Trinajstić information content (AvgIpc) is 3.15. The number of carbonyl (C=O) groups excluding carboxylic acids is 1. The predicted molar refractivity (Wildman–Crippen MR) is 81.0 cm³/mol. The fourth-order valence-corrected chi connectivity index (χ4v) is 2.42. The molecule has 1 saturated carbocycles. The number of nitrogens with one attached hydrogen (secondary N) is 2. The van der Waals surface area contributed by atoms with Gasteiger partial charge in [0.15, 0.2) is 4.77 Å². The second kappa shape index (κ2) is 6.35. The van der Waals surface area contributed by atoms with Gasteiger partial charge in [-0.3, -0.25) is 9.89 Å². The normalized spacial score (nSPS) is 15.7. The zero-order valence-corrected chi connectivity index (χ0v) is 13.1. The van der Waals surface area contributed by atoms with Crippen LogP contribution in [0.3, 0.4) is 0 Å². The molecule has 0 unspecified atom stereocenters. The molecule has 1 heterocycles. The van der Waals surface area contributed by atoms with Crippen molar-refractivity contribution >= 4 is 18.1 Å². The molecule has 1 fully saturated rings. The Balaban J connectivity index is 1.87. The third kappa shape index (κ3) is 3.79. The van der Waals surface area contributed by atoms with E-state index < -0.39 is 0 Å². The van der Waals surface area contributed by atoms with Crippen molar-refractivity contribution in [1.82, 2.24) is 20.1 Å². The third-order valence-corrected chi connectivity index (χ3v) is 3.83. The first kappa shape index (κ1) is 15.0. The number of aromatic nitrogens is 3. The summed E-state index contributed by atoms with van der Waals surface area (Å²) in [5, 5.41) is 9.92. The van der Waals surface area contributed by atoms with E-state index in [-0.39, 0.29) is 5.91 Å². The lowest BCUT2D eigenvalue weighted by atomic mass is 10.2. The summed E-state index contributed by atoms with van der Waals surface area (Å²) < 4.78 is 2.55. The van der Waals surface area contributed by atoms with Gasteiger partial charge in [0, 0.05) is 25.1 Å². The Morgan fingerprint density at radius 2 is 2.30 bits per heavy atom. The van der Waals surface area contributed by atoms with Crippen LogP contribution in [0.4, 0.5) is 0 Å². The highest BCUT2D eigenvalue weighted by Gasteiger charge is 2.23. The van der Waals surface area contributed by atoms with Crippen molar-refractivity contribution in [3.63, 3.8) is 0 Å². The lowest BCUT2D eigenvalue weighted by Crippen LogP contribution is -2.26. The number of amides is 1. The van der Waals surface area contributed by atoms with Gasteiger partial charge in [0.2, 0.25) is 5.91 Å². The Kier molecular flexibility index (Phi) is 4.75. The van der Waals surface area contributed by atoms with E-state index in [9.17, 15) is 4.79 Å². The summed E-state index contributed by atoms with van der Waals surface area (Å²) in [4.78, 5) is 11.8. The molecule has 0 aromatic carbocycles. The molecular formula is C14H22N4OS. The highest BCUT2D eigenvalue weighted by Crippen LogP contribution is 2.35. The minimum Gasteiger partial charge on any atom is -0.351 e. The van der Waals surface area contributed by atoms with Crippen LogP contribution in [0.15, 0.2) is 11.6 Å². The number of hydrogen-bond donors (Lipinski definition) is 2. The number of nitrogens with zero attached hydrogens (tertiary/aromatic N) is 2. The van der Waals surface area contributed by atoms with Gasteiger partial charge >= 0.3 is 0 Å². The van der Waals surface area contributed by atoms with Gasteiger partial charge in [-0.1, -0.05) is 19.4 Å². The van der Waals surface area contributed by atoms with E-state index in [1.165, 1.54) is 18.4 Å². The van der Waals surface area contributed by atoms with Crippen molar-refractivity contribution < 1.29 is 4.79 Å². The molecule has 20 heavy (non-hydrogen) atoms. The predicted octanol–water partition coefficient (Wildman–Crippen LogP) is 2.54. The Morgan fingerprint density at radius 3 is 2.90 bits per heavy atom. The van der Waals surface area contributed by atoms with Crippen LogP contribution in [0, 0.1) is 10.7 Å². The third-order valence-electron chi connectivity index (χ3n) is 3.52. The minimum atomic E-state index is -0.0180. The monoisotopic (exact) mass is 294 g/mol. The highest BCUT2D eigenvalue weighted by atomic mass is 32.1. The SMILES string of the molecule is C/C(=C\C(=O)NCCn1c(C(C)C)n[nH]c1=S)C1CC1. The maximum absolute atomic E-state index is 11.8. The van der Waals surface area contributed by atoms with Gasteiger partial charge in [-0.2, -0.15) is 5.10 Å². The van der Waals surface area contributed by atoms with Gasteiger partial charge in [-0.15, -0.1) is 0 Å². The summed E-state index contributed by atoms with van der Waals surface area (Å²) >= 11 is 5.20. The zero-order valence-electron chi connectivity index (χ0n) is 12.3. The summed E-state index contributed by atoms with van der Waals surface area (Å²) in [6.07, 6.45) is 4.16. The molecule has 0 bridgehead atoms. The van der Waals surface area contributed by atoms with Gasteiger partial charge in [0.05, 0.1) is 0 Å². The molecule has 1 aromatic rings. The van der Waals surface area contributed by atoms with Crippen LogP contribution in [0.25, 0.3) is 0 Å². The molecule has 1 amide bonds. The van der Waals surface area contributed by atoms with Crippen LogP contribution in [-0.2, 0) is 11.3 Å². The van der Waals surface area contributed by atoms with Gasteiger partial charge in [0.25, 0.3) is 0 Å². The van der Waals surface area contributed by atoms with E-state index in [4.69, 9.17) is 12.2 Å². The minimum absolute atomic E-state index is 0.0180. The average molecular weight is 294 g/mol. The molecule has 0 atom stereocenters. The van der Waals surface area contributed by atoms with Crippen LogP contribution >= 0.6 is 12.2 Å². The van der Waals surface area contributed by atoms with Gasteiger partial charge < -0.3 is 9.88 Å². The molecule has 2 N–H and O–H groups in total. The van der Waals surface area contributed by atoms with Crippen molar-refractivity contribution in [2.24, 2.45) is 5.92 Å². The highest BCUT2D eigenvalue weighted by molar-refractivity contribution is 7.71. The van der Waals surface area contributed by atoms with E-state index in [0.717, 1.165) is 5.82 Å². The molecule has 0 saturated heterocycles. The van der Waals surface area contributed by atoms with E-state index in [2.05, 4.69) is 29.4 Å². The Labute approximate surface area is 124 Å². The van der Waals surface area contributed by atoms with Crippen molar-refractivity contribution in [2.75, 3.05) is 6.54 Å². The maximum Gasteiger partial charge on any atom is 0.243 e. The van der Waals surface area contributed by atoms with Crippen molar-refractivity contribution in [3.05, 3.63) is 22.2 Å². The summed E-state index contributed by atoms with van der Waals surface area (Å²) in [6.45, 7) is 7.37. The summed E-state index contributed by atoms with van der Waals surface area (Å²) in [5.74, 6) is 1.84.